The predicted octanol–water partition coefficient (Wildman–Crippen LogP) is 9.26. The standard InChI is InChI=1S/C57H35B3O8/c58-47-44(50(61)54(65)49(60)52(47)63)32-16-20-36-40(24-32)57(38-21-17-29(27-9-3-1-4-10-27)25-41(38)68-42-26-30(18-22-39(42)57)28-11-5-2-6-12-28)46-35-19-15-31(43-48(59)53(64)56(67)55(66)51(43)62)23-37(35)33-13-7-8-14-34(33)45(36)46/h1-6,8-12,14-26,61-67H,7,13H2. The molecule has 0 saturated carbocycles. The molecule has 9 aromatic carbocycles. The summed E-state index contributed by atoms with van der Waals surface area (Å²) in [5.41, 5.74) is 9.63. The van der Waals surface area contributed by atoms with Crippen LogP contribution in [-0.4, -0.2) is 59.3 Å². The molecule has 0 aromatic heterocycles. The summed E-state index contributed by atoms with van der Waals surface area (Å²) in [6.07, 6.45) is 5.66. The molecule has 0 fully saturated rings. The van der Waals surface area contributed by atoms with Crippen LogP contribution in [-0.2, 0) is 11.8 Å². The van der Waals surface area contributed by atoms with E-state index in [-0.39, 0.29) is 22.1 Å². The number of hydrogen-bond donors (Lipinski definition) is 7. The molecule has 3 aliphatic rings. The van der Waals surface area contributed by atoms with Crippen LogP contribution in [0.4, 0.5) is 0 Å². The third-order valence-electron chi connectivity index (χ3n) is 14.1. The molecule has 1 spiro atoms. The first-order valence-electron chi connectivity index (χ1n) is 22.0. The van der Waals surface area contributed by atoms with Crippen LogP contribution in [0.25, 0.3) is 72.5 Å². The van der Waals surface area contributed by atoms with Crippen molar-refractivity contribution in [1.82, 2.24) is 0 Å². The van der Waals surface area contributed by atoms with E-state index in [4.69, 9.17) is 28.3 Å². The average molecular weight is 880 g/mol. The topological polar surface area (TPSA) is 151 Å². The van der Waals surface area contributed by atoms with Gasteiger partial charge in [-0.15, -0.1) is 0 Å². The number of rotatable bonds is 4. The SMILES string of the molecule is [B]c1c(O)c([B])c(-c2ccc3c(c2)C2(c4ccc(-c5ccccc5)cc4Oc4cc(-c5ccccc5)ccc42)c2c-3c3c(c4cc(-c5c([B])c(O)c(O)c(O)c5O)ccc24)CCC=C3)c(O)c1O. The fraction of sp³-hybridized carbons (Fsp3) is 0.0526. The zero-order valence-corrected chi connectivity index (χ0v) is 36.0. The summed E-state index contributed by atoms with van der Waals surface area (Å²) < 4.78 is 7.11. The Hall–Kier alpha value is -8.43. The van der Waals surface area contributed by atoms with E-state index in [1.54, 1.807) is 6.07 Å². The van der Waals surface area contributed by atoms with E-state index in [1.807, 2.05) is 91.0 Å². The first-order chi connectivity index (χ1) is 32.9. The van der Waals surface area contributed by atoms with E-state index in [0.29, 0.717) is 29.0 Å². The molecule has 68 heavy (non-hydrogen) atoms. The van der Waals surface area contributed by atoms with Gasteiger partial charge >= 0.3 is 0 Å². The molecule has 0 atom stereocenters. The van der Waals surface area contributed by atoms with Crippen LogP contribution in [0.3, 0.4) is 0 Å². The highest BCUT2D eigenvalue weighted by Gasteiger charge is 2.53. The van der Waals surface area contributed by atoms with E-state index >= 15 is 0 Å². The molecule has 9 aromatic rings. The maximum Gasteiger partial charge on any atom is 0.204 e. The van der Waals surface area contributed by atoms with Gasteiger partial charge in [-0.2, -0.15) is 0 Å². The molecule has 2 aliphatic carbocycles. The molecule has 320 valence electrons. The Kier molecular flexibility index (Phi) is 8.93. The average Bonchev–Trinajstić information content (AvgIpc) is 3.67. The maximum atomic E-state index is 11.5. The lowest BCUT2D eigenvalue weighted by Gasteiger charge is -2.41. The van der Waals surface area contributed by atoms with Crippen molar-refractivity contribution >= 4 is 56.8 Å². The van der Waals surface area contributed by atoms with Gasteiger partial charge in [-0.05, 0) is 131 Å². The van der Waals surface area contributed by atoms with Crippen LogP contribution in [0.15, 0.2) is 140 Å². The molecule has 1 aliphatic heterocycles. The van der Waals surface area contributed by atoms with Crippen LogP contribution in [0.1, 0.15) is 39.8 Å². The fourth-order valence-electron chi connectivity index (χ4n) is 11.0. The first kappa shape index (κ1) is 41.0. The van der Waals surface area contributed by atoms with Crippen LogP contribution < -0.4 is 21.1 Å². The number of phenolic OH excluding ortho intramolecular Hbond substituents is 7. The van der Waals surface area contributed by atoms with Crippen molar-refractivity contribution in [3.8, 4) is 107 Å². The zero-order chi connectivity index (χ0) is 46.9. The van der Waals surface area contributed by atoms with Gasteiger partial charge < -0.3 is 40.5 Å². The normalized spacial score (nSPS) is 13.6. The number of aromatic hydroxyl groups is 7. The van der Waals surface area contributed by atoms with E-state index in [0.717, 1.165) is 84.0 Å². The van der Waals surface area contributed by atoms with Crippen LogP contribution >= 0.6 is 0 Å². The molecular formula is C57H35B3O8. The highest BCUT2D eigenvalue weighted by Crippen LogP contribution is 2.66. The Labute approximate surface area is 394 Å². The van der Waals surface area contributed by atoms with Gasteiger partial charge in [0.25, 0.3) is 0 Å². The van der Waals surface area contributed by atoms with E-state index in [2.05, 4.69) is 48.6 Å². The summed E-state index contributed by atoms with van der Waals surface area (Å²) in [4.78, 5) is 0. The van der Waals surface area contributed by atoms with Gasteiger partial charge in [0.2, 0.25) is 11.5 Å². The smallest absolute Gasteiger partial charge is 0.204 e. The highest BCUT2D eigenvalue weighted by atomic mass is 16.5. The lowest BCUT2D eigenvalue weighted by atomic mass is 9.64. The fourth-order valence-corrected chi connectivity index (χ4v) is 11.0. The summed E-state index contributed by atoms with van der Waals surface area (Å²) in [6, 6.07) is 43.9. The van der Waals surface area contributed by atoms with Crippen molar-refractivity contribution in [2.45, 2.75) is 18.3 Å². The van der Waals surface area contributed by atoms with Crippen molar-refractivity contribution in [3.63, 3.8) is 0 Å². The Morgan fingerprint density at radius 2 is 0.956 bits per heavy atom. The number of fused-ring (bicyclic) bond motifs is 14. The van der Waals surface area contributed by atoms with Crippen LogP contribution in [0.2, 0.25) is 0 Å². The number of ether oxygens (including phenoxy) is 1. The maximum absolute atomic E-state index is 11.5. The molecule has 11 heteroatoms. The molecule has 0 saturated heterocycles. The van der Waals surface area contributed by atoms with Gasteiger partial charge in [-0.3, -0.25) is 0 Å². The molecule has 7 N–H and O–H groups in total. The number of allylic oxidation sites excluding steroid dienone is 1. The monoisotopic (exact) mass is 880 g/mol. The lowest BCUT2D eigenvalue weighted by Crippen LogP contribution is -2.32. The highest BCUT2D eigenvalue weighted by molar-refractivity contribution is 6.45. The number of hydrogen-bond acceptors (Lipinski definition) is 8. The molecular weight excluding hydrogens is 845 g/mol. The first-order valence-corrected chi connectivity index (χ1v) is 22.0. The van der Waals surface area contributed by atoms with Crippen molar-refractivity contribution in [2.75, 3.05) is 0 Å². The summed E-state index contributed by atoms with van der Waals surface area (Å²) >= 11 is 0. The molecule has 0 amide bonds. The summed E-state index contributed by atoms with van der Waals surface area (Å²) in [5, 5.41) is 78.4. The minimum atomic E-state index is -1.17. The second kappa shape index (κ2) is 14.8. The van der Waals surface area contributed by atoms with Gasteiger partial charge in [-0.25, -0.2) is 0 Å². The number of benzene rings is 9. The van der Waals surface area contributed by atoms with Crippen molar-refractivity contribution in [1.29, 1.82) is 0 Å². The summed E-state index contributed by atoms with van der Waals surface area (Å²) in [7, 11) is 18.9. The van der Waals surface area contributed by atoms with Crippen molar-refractivity contribution < 1.29 is 40.5 Å². The van der Waals surface area contributed by atoms with E-state index in [1.165, 1.54) is 0 Å². The van der Waals surface area contributed by atoms with E-state index in [9.17, 15) is 35.7 Å². The Morgan fingerprint density at radius 3 is 1.59 bits per heavy atom. The number of aryl methyl sites for hydroxylation is 1. The minimum absolute atomic E-state index is 0.00341. The molecule has 1 heterocycles. The van der Waals surface area contributed by atoms with Crippen LogP contribution in [0, 0.1) is 0 Å². The third-order valence-corrected chi connectivity index (χ3v) is 14.1. The quantitative estimate of drug-likeness (QED) is 0.0526. The Balaban J connectivity index is 1.25. The van der Waals surface area contributed by atoms with Gasteiger partial charge in [0.1, 0.15) is 40.8 Å². The second-order valence-corrected chi connectivity index (χ2v) is 17.5. The second-order valence-electron chi connectivity index (χ2n) is 17.5. The predicted molar refractivity (Wildman–Crippen MR) is 268 cm³/mol. The third kappa shape index (κ3) is 5.53. The molecule has 6 radical (unpaired) electrons. The largest absolute Gasteiger partial charge is 0.509 e. The van der Waals surface area contributed by atoms with Crippen LogP contribution in [0.5, 0.6) is 51.7 Å². The Morgan fingerprint density at radius 1 is 0.426 bits per heavy atom. The molecule has 0 bridgehead atoms. The van der Waals surface area contributed by atoms with Gasteiger partial charge in [0.05, 0.1) is 5.41 Å². The summed E-state index contributed by atoms with van der Waals surface area (Å²) in [6.45, 7) is 0. The number of phenols is 7. The molecule has 12 rings (SSSR count). The van der Waals surface area contributed by atoms with Gasteiger partial charge in [-0.1, -0.05) is 121 Å². The summed E-state index contributed by atoms with van der Waals surface area (Å²) in [5.74, 6) is -3.89. The Bertz CT molecular complexity index is 3570. The van der Waals surface area contributed by atoms with Gasteiger partial charge in [0.15, 0.2) is 23.0 Å². The van der Waals surface area contributed by atoms with Gasteiger partial charge in [0, 0.05) is 22.3 Å². The van der Waals surface area contributed by atoms with Crippen molar-refractivity contribution in [2.24, 2.45) is 0 Å². The van der Waals surface area contributed by atoms with E-state index < -0.39 is 51.1 Å². The zero-order valence-electron chi connectivity index (χ0n) is 36.0. The molecule has 8 nitrogen and oxygen atoms in total. The minimum Gasteiger partial charge on any atom is -0.509 e. The molecule has 0 unspecified atom stereocenters. The van der Waals surface area contributed by atoms with Crippen molar-refractivity contribution in [3.05, 3.63) is 173 Å². The lowest BCUT2D eigenvalue weighted by molar-refractivity contribution is 0.348.